The van der Waals surface area contributed by atoms with Crippen LogP contribution in [0.3, 0.4) is 0 Å². The molecule has 0 spiro atoms. The number of pyridine rings is 1. The SMILES string of the molecule is CC1(C(=O)Nc2ccc(Oc3ccnc4cc(OCCCN5CCOCC5)ccc34)c(F)c2)CC1. The lowest BCUT2D eigenvalue weighted by molar-refractivity contribution is -0.120. The van der Waals surface area contributed by atoms with E-state index in [1.54, 1.807) is 18.3 Å². The lowest BCUT2D eigenvalue weighted by atomic mass is 10.1. The molecule has 0 radical (unpaired) electrons. The van der Waals surface area contributed by atoms with E-state index in [9.17, 15) is 9.18 Å². The monoisotopic (exact) mass is 479 g/mol. The second-order valence-electron chi connectivity index (χ2n) is 9.41. The predicted molar refractivity (Wildman–Crippen MR) is 132 cm³/mol. The van der Waals surface area contributed by atoms with Gasteiger partial charge in [0.25, 0.3) is 0 Å². The Morgan fingerprint density at radius 1 is 1.14 bits per heavy atom. The summed E-state index contributed by atoms with van der Waals surface area (Å²) in [6.45, 7) is 7.05. The van der Waals surface area contributed by atoms with E-state index in [0.29, 0.717) is 23.6 Å². The van der Waals surface area contributed by atoms with Crippen molar-refractivity contribution < 1.29 is 23.4 Å². The number of ether oxygens (including phenoxy) is 3. The van der Waals surface area contributed by atoms with Crippen LogP contribution in [0.2, 0.25) is 0 Å². The van der Waals surface area contributed by atoms with E-state index < -0.39 is 5.82 Å². The van der Waals surface area contributed by atoms with Crippen molar-refractivity contribution in [3.8, 4) is 17.2 Å². The van der Waals surface area contributed by atoms with Crippen LogP contribution in [0.25, 0.3) is 10.9 Å². The third-order valence-electron chi connectivity index (χ3n) is 6.62. The second-order valence-corrected chi connectivity index (χ2v) is 9.41. The van der Waals surface area contributed by atoms with Gasteiger partial charge in [-0.15, -0.1) is 0 Å². The molecule has 3 aromatic rings. The second kappa shape index (κ2) is 10.2. The van der Waals surface area contributed by atoms with Crippen LogP contribution in [-0.4, -0.2) is 55.2 Å². The van der Waals surface area contributed by atoms with Crippen LogP contribution >= 0.6 is 0 Å². The summed E-state index contributed by atoms with van der Waals surface area (Å²) in [6.07, 6.45) is 4.28. The Kier molecular flexibility index (Phi) is 6.83. The Morgan fingerprint density at radius 3 is 2.74 bits per heavy atom. The molecule has 1 amide bonds. The number of benzene rings is 2. The molecule has 1 aliphatic heterocycles. The fourth-order valence-electron chi connectivity index (χ4n) is 4.06. The van der Waals surface area contributed by atoms with Gasteiger partial charge in [0.1, 0.15) is 11.5 Å². The Balaban J connectivity index is 1.21. The highest BCUT2D eigenvalue weighted by molar-refractivity contribution is 5.96. The standard InChI is InChI=1S/C27H30FN3O4/c1-27(8-9-27)26(32)30-19-3-6-25(22(28)17-19)35-24-7-10-29-23-18-20(4-5-21(23)24)34-14-2-11-31-12-15-33-16-13-31/h3-7,10,17-18H,2,8-9,11-16H2,1H3,(H,30,32). The van der Waals surface area contributed by atoms with Crippen LogP contribution in [0.1, 0.15) is 26.2 Å². The summed E-state index contributed by atoms with van der Waals surface area (Å²) in [6, 6.07) is 11.8. The molecule has 0 unspecified atom stereocenters. The van der Waals surface area contributed by atoms with Crippen molar-refractivity contribution in [2.45, 2.75) is 26.2 Å². The Bertz CT molecular complexity index is 1210. The molecular formula is C27H30FN3O4. The molecule has 2 aromatic carbocycles. The summed E-state index contributed by atoms with van der Waals surface area (Å²) in [4.78, 5) is 19.0. The Hall–Kier alpha value is -3.23. The number of rotatable bonds is 9. The van der Waals surface area contributed by atoms with Crippen LogP contribution < -0.4 is 14.8 Å². The van der Waals surface area contributed by atoms with E-state index >= 15 is 0 Å². The van der Waals surface area contributed by atoms with Gasteiger partial charge < -0.3 is 19.5 Å². The minimum absolute atomic E-state index is 0.0789. The van der Waals surface area contributed by atoms with E-state index in [-0.39, 0.29) is 17.1 Å². The zero-order valence-electron chi connectivity index (χ0n) is 19.9. The summed E-state index contributed by atoms with van der Waals surface area (Å²) in [5.74, 6) is 0.685. The van der Waals surface area contributed by atoms with Crippen molar-refractivity contribution >= 4 is 22.5 Å². The van der Waals surface area contributed by atoms with Crippen molar-refractivity contribution in [3.05, 3.63) is 54.5 Å². The summed E-state index contributed by atoms with van der Waals surface area (Å²) in [5.41, 5.74) is 0.797. The van der Waals surface area contributed by atoms with E-state index in [1.165, 1.54) is 12.1 Å². The van der Waals surface area contributed by atoms with E-state index in [4.69, 9.17) is 14.2 Å². The van der Waals surface area contributed by atoms with Crippen LogP contribution in [0.4, 0.5) is 10.1 Å². The maximum atomic E-state index is 14.7. The summed E-state index contributed by atoms with van der Waals surface area (Å²) < 4.78 is 31.9. The number of anilines is 1. The van der Waals surface area contributed by atoms with Gasteiger partial charge in [-0.2, -0.15) is 0 Å². The molecular weight excluding hydrogens is 449 g/mol. The first-order chi connectivity index (χ1) is 17.0. The van der Waals surface area contributed by atoms with Gasteiger partial charge in [-0.25, -0.2) is 4.39 Å². The smallest absolute Gasteiger partial charge is 0.230 e. The number of nitrogens with zero attached hydrogens (tertiary/aromatic N) is 2. The molecule has 0 bridgehead atoms. The maximum absolute atomic E-state index is 14.7. The first-order valence-corrected chi connectivity index (χ1v) is 12.1. The van der Waals surface area contributed by atoms with E-state index in [2.05, 4.69) is 15.2 Å². The van der Waals surface area contributed by atoms with Crippen LogP contribution in [-0.2, 0) is 9.53 Å². The molecule has 0 atom stereocenters. The van der Waals surface area contributed by atoms with Gasteiger partial charge in [0, 0.05) is 54.5 Å². The van der Waals surface area contributed by atoms with Crippen LogP contribution in [0, 0.1) is 11.2 Å². The maximum Gasteiger partial charge on any atom is 0.230 e. The number of fused-ring (bicyclic) bond motifs is 1. The summed E-state index contributed by atoms with van der Waals surface area (Å²) >= 11 is 0. The van der Waals surface area contributed by atoms with E-state index in [1.807, 2.05) is 25.1 Å². The minimum atomic E-state index is -0.547. The Morgan fingerprint density at radius 2 is 1.97 bits per heavy atom. The predicted octanol–water partition coefficient (Wildman–Crippen LogP) is 5.01. The van der Waals surface area contributed by atoms with Gasteiger partial charge in [-0.1, -0.05) is 6.92 Å². The van der Waals surface area contributed by atoms with Gasteiger partial charge in [-0.3, -0.25) is 14.7 Å². The normalized spacial score (nSPS) is 17.2. The van der Waals surface area contributed by atoms with Gasteiger partial charge in [0.2, 0.25) is 5.91 Å². The highest BCUT2D eigenvalue weighted by Crippen LogP contribution is 2.45. The molecule has 1 aliphatic carbocycles. The third kappa shape index (κ3) is 5.71. The van der Waals surface area contributed by atoms with Crippen molar-refractivity contribution in [3.63, 3.8) is 0 Å². The first-order valence-electron chi connectivity index (χ1n) is 12.1. The number of amides is 1. The van der Waals surface area contributed by atoms with Crippen LogP contribution in [0.5, 0.6) is 17.2 Å². The lowest BCUT2D eigenvalue weighted by Gasteiger charge is -2.26. The quantitative estimate of drug-likeness (QED) is 0.435. The molecule has 184 valence electrons. The highest BCUT2D eigenvalue weighted by atomic mass is 19.1. The fourth-order valence-corrected chi connectivity index (χ4v) is 4.06. The first kappa shape index (κ1) is 23.5. The van der Waals surface area contributed by atoms with Gasteiger partial charge in [0.15, 0.2) is 11.6 Å². The van der Waals surface area contributed by atoms with Crippen molar-refractivity contribution in [2.75, 3.05) is 44.8 Å². The molecule has 1 saturated heterocycles. The molecule has 2 aliphatic rings. The molecule has 8 heteroatoms. The van der Waals surface area contributed by atoms with Crippen LogP contribution in [0.15, 0.2) is 48.7 Å². The summed E-state index contributed by atoms with van der Waals surface area (Å²) in [5, 5.41) is 3.54. The number of hydrogen-bond donors (Lipinski definition) is 1. The molecule has 5 rings (SSSR count). The number of carbonyl (C=O) groups is 1. The molecule has 1 aromatic heterocycles. The molecule has 1 saturated carbocycles. The lowest BCUT2D eigenvalue weighted by Crippen LogP contribution is -2.37. The van der Waals surface area contributed by atoms with Gasteiger partial charge in [0.05, 0.1) is 25.3 Å². The topological polar surface area (TPSA) is 72.9 Å². The fraction of sp³-hybridized carbons (Fsp3) is 0.407. The zero-order valence-corrected chi connectivity index (χ0v) is 19.9. The number of morpholine rings is 1. The van der Waals surface area contributed by atoms with Crippen molar-refractivity contribution in [2.24, 2.45) is 5.41 Å². The van der Waals surface area contributed by atoms with Gasteiger partial charge in [-0.05, 0) is 49.6 Å². The third-order valence-corrected chi connectivity index (χ3v) is 6.62. The number of halogens is 1. The average Bonchev–Trinajstić information content (AvgIpc) is 3.63. The number of nitrogens with one attached hydrogen (secondary N) is 1. The highest BCUT2D eigenvalue weighted by Gasteiger charge is 2.44. The zero-order chi connectivity index (χ0) is 24.3. The molecule has 7 nitrogen and oxygen atoms in total. The van der Waals surface area contributed by atoms with Crippen molar-refractivity contribution in [1.29, 1.82) is 0 Å². The molecule has 35 heavy (non-hydrogen) atoms. The largest absolute Gasteiger partial charge is 0.493 e. The minimum Gasteiger partial charge on any atom is -0.493 e. The average molecular weight is 480 g/mol. The number of carbonyl (C=O) groups excluding carboxylic acids is 1. The van der Waals surface area contributed by atoms with Crippen molar-refractivity contribution in [1.82, 2.24) is 9.88 Å². The number of aromatic nitrogens is 1. The molecule has 2 heterocycles. The Labute approximate surface area is 204 Å². The van der Waals surface area contributed by atoms with E-state index in [0.717, 1.165) is 63.2 Å². The number of hydrogen-bond acceptors (Lipinski definition) is 6. The van der Waals surface area contributed by atoms with Gasteiger partial charge >= 0.3 is 0 Å². The molecule has 2 fully saturated rings. The molecule has 1 N–H and O–H groups in total. The summed E-state index contributed by atoms with van der Waals surface area (Å²) in [7, 11) is 0.